The molecule has 2 amide bonds. The van der Waals surface area contributed by atoms with E-state index in [9.17, 15) is 9.59 Å². The minimum absolute atomic E-state index is 0.361. The van der Waals surface area contributed by atoms with E-state index in [2.05, 4.69) is 20.8 Å². The summed E-state index contributed by atoms with van der Waals surface area (Å²) in [6.45, 7) is 7.90. The average Bonchev–Trinajstić information content (AvgIpc) is 2.92. The molecule has 2 aromatic rings. The number of amides is 2. The SMILES string of the molecule is Cc1cc(C)c(NC(=O)C(=O)NCCCc2nc(C)no2)c(C)c1. The van der Waals surface area contributed by atoms with Crippen LogP contribution in [0.25, 0.3) is 0 Å². The van der Waals surface area contributed by atoms with E-state index in [1.54, 1.807) is 6.92 Å². The second kappa shape index (κ2) is 7.72. The van der Waals surface area contributed by atoms with E-state index >= 15 is 0 Å². The summed E-state index contributed by atoms with van der Waals surface area (Å²) in [5.74, 6) is -0.218. The molecule has 0 aliphatic heterocycles. The van der Waals surface area contributed by atoms with Crippen LogP contribution in [0.2, 0.25) is 0 Å². The Hall–Kier alpha value is -2.70. The van der Waals surface area contributed by atoms with Crippen LogP contribution in [0.15, 0.2) is 16.7 Å². The molecule has 0 radical (unpaired) electrons. The monoisotopic (exact) mass is 330 g/mol. The van der Waals surface area contributed by atoms with E-state index in [0.717, 1.165) is 16.7 Å². The molecule has 2 rings (SSSR count). The third-order valence-electron chi connectivity index (χ3n) is 3.54. The van der Waals surface area contributed by atoms with Crippen LogP contribution in [0.4, 0.5) is 5.69 Å². The van der Waals surface area contributed by atoms with Gasteiger partial charge in [0, 0.05) is 18.7 Å². The molecule has 0 aliphatic rings. The number of aromatic nitrogens is 2. The van der Waals surface area contributed by atoms with Crippen LogP contribution >= 0.6 is 0 Å². The van der Waals surface area contributed by atoms with Crippen molar-refractivity contribution in [2.45, 2.75) is 40.5 Å². The Morgan fingerprint density at radius 1 is 1.08 bits per heavy atom. The van der Waals surface area contributed by atoms with Crippen molar-refractivity contribution in [1.82, 2.24) is 15.5 Å². The number of nitrogens with zero attached hydrogens (tertiary/aromatic N) is 2. The highest BCUT2D eigenvalue weighted by molar-refractivity contribution is 6.39. The van der Waals surface area contributed by atoms with Gasteiger partial charge in [0.25, 0.3) is 0 Å². The van der Waals surface area contributed by atoms with Crippen LogP contribution in [0, 0.1) is 27.7 Å². The summed E-state index contributed by atoms with van der Waals surface area (Å²) in [6, 6.07) is 3.93. The molecule has 1 heterocycles. The summed E-state index contributed by atoms with van der Waals surface area (Å²) in [5.41, 5.74) is 3.66. The number of hydrogen-bond acceptors (Lipinski definition) is 5. The first kappa shape index (κ1) is 17.7. The highest BCUT2D eigenvalue weighted by Gasteiger charge is 2.15. The van der Waals surface area contributed by atoms with Crippen molar-refractivity contribution in [2.75, 3.05) is 11.9 Å². The fourth-order valence-corrected chi connectivity index (χ4v) is 2.51. The predicted molar refractivity (Wildman–Crippen MR) is 89.6 cm³/mol. The summed E-state index contributed by atoms with van der Waals surface area (Å²) in [4.78, 5) is 28.0. The molecule has 128 valence electrons. The zero-order valence-electron chi connectivity index (χ0n) is 14.4. The fourth-order valence-electron chi connectivity index (χ4n) is 2.51. The molecule has 7 heteroatoms. The van der Waals surface area contributed by atoms with Crippen molar-refractivity contribution >= 4 is 17.5 Å². The summed E-state index contributed by atoms with van der Waals surface area (Å²) in [6.07, 6.45) is 1.17. The van der Waals surface area contributed by atoms with Gasteiger partial charge in [0.1, 0.15) is 0 Å². The third kappa shape index (κ3) is 4.65. The maximum atomic E-state index is 12.0. The highest BCUT2D eigenvalue weighted by atomic mass is 16.5. The number of benzene rings is 1. The highest BCUT2D eigenvalue weighted by Crippen LogP contribution is 2.21. The smallest absolute Gasteiger partial charge is 0.313 e. The van der Waals surface area contributed by atoms with Crippen LogP contribution < -0.4 is 10.6 Å². The van der Waals surface area contributed by atoms with E-state index in [1.165, 1.54) is 0 Å². The molecule has 7 nitrogen and oxygen atoms in total. The number of aryl methyl sites for hydroxylation is 5. The lowest BCUT2D eigenvalue weighted by molar-refractivity contribution is -0.136. The maximum Gasteiger partial charge on any atom is 0.313 e. The van der Waals surface area contributed by atoms with Crippen molar-refractivity contribution in [3.05, 3.63) is 40.5 Å². The zero-order valence-corrected chi connectivity index (χ0v) is 14.4. The van der Waals surface area contributed by atoms with Crippen LogP contribution in [-0.2, 0) is 16.0 Å². The first-order valence-corrected chi connectivity index (χ1v) is 7.83. The molecular formula is C17H22N4O3. The van der Waals surface area contributed by atoms with Gasteiger partial charge >= 0.3 is 11.8 Å². The normalized spacial score (nSPS) is 10.5. The molecule has 0 saturated carbocycles. The van der Waals surface area contributed by atoms with Gasteiger partial charge in [0.05, 0.1) is 0 Å². The Labute approximate surface area is 140 Å². The van der Waals surface area contributed by atoms with Gasteiger partial charge in [0.2, 0.25) is 5.89 Å². The van der Waals surface area contributed by atoms with Crippen LogP contribution in [0.3, 0.4) is 0 Å². The molecule has 1 aromatic carbocycles. The molecule has 0 spiro atoms. The Morgan fingerprint density at radius 3 is 2.33 bits per heavy atom. The molecule has 0 saturated heterocycles. The Balaban J connectivity index is 1.81. The van der Waals surface area contributed by atoms with Crippen LogP contribution in [0.5, 0.6) is 0 Å². The van der Waals surface area contributed by atoms with Gasteiger partial charge in [0.15, 0.2) is 5.82 Å². The summed E-state index contributed by atoms with van der Waals surface area (Å²) < 4.78 is 4.98. The zero-order chi connectivity index (χ0) is 17.7. The molecule has 0 atom stereocenters. The van der Waals surface area contributed by atoms with Gasteiger partial charge in [-0.05, 0) is 45.2 Å². The summed E-state index contributed by atoms with van der Waals surface area (Å²) >= 11 is 0. The maximum absolute atomic E-state index is 12.0. The molecule has 1 aromatic heterocycles. The van der Waals surface area contributed by atoms with E-state index < -0.39 is 11.8 Å². The van der Waals surface area contributed by atoms with E-state index in [0.29, 0.717) is 36.8 Å². The van der Waals surface area contributed by atoms with E-state index in [-0.39, 0.29) is 0 Å². The predicted octanol–water partition coefficient (Wildman–Crippen LogP) is 1.99. The van der Waals surface area contributed by atoms with Gasteiger partial charge in [-0.15, -0.1) is 0 Å². The van der Waals surface area contributed by atoms with Crippen LogP contribution in [-0.4, -0.2) is 28.5 Å². The molecule has 0 aliphatic carbocycles. The summed E-state index contributed by atoms with van der Waals surface area (Å²) in [5, 5.41) is 8.96. The van der Waals surface area contributed by atoms with Crippen molar-refractivity contribution in [2.24, 2.45) is 0 Å². The number of nitrogens with one attached hydrogen (secondary N) is 2. The van der Waals surface area contributed by atoms with Gasteiger partial charge in [-0.2, -0.15) is 4.98 Å². The van der Waals surface area contributed by atoms with Crippen molar-refractivity contribution < 1.29 is 14.1 Å². The second-order valence-corrected chi connectivity index (χ2v) is 5.82. The Morgan fingerprint density at radius 2 is 1.75 bits per heavy atom. The molecule has 24 heavy (non-hydrogen) atoms. The molecular weight excluding hydrogens is 308 g/mol. The number of rotatable bonds is 5. The first-order valence-electron chi connectivity index (χ1n) is 7.83. The molecule has 0 fully saturated rings. The third-order valence-corrected chi connectivity index (χ3v) is 3.54. The lowest BCUT2D eigenvalue weighted by Gasteiger charge is -2.12. The Kier molecular flexibility index (Phi) is 5.68. The lowest BCUT2D eigenvalue weighted by atomic mass is 10.1. The largest absolute Gasteiger partial charge is 0.348 e. The van der Waals surface area contributed by atoms with Crippen molar-refractivity contribution in [1.29, 1.82) is 0 Å². The quantitative estimate of drug-likeness (QED) is 0.645. The number of carbonyl (C=O) groups is 2. The van der Waals surface area contributed by atoms with Crippen molar-refractivity contribution in [3.8, 4) is 0 Å². The number of hydrogen-bond donors (Lipinski definition) is 2. The minimum Gasteiger partial charge on any atom is -0.348 e. The second-order valence-electron chi connectivity index (χ2n) is 5.82. The molecule has 2 N–H and O–H groups in total. The topological polar surface area (TPSA) is 97.1 Å². The van der Waals surface area contributed by atoms with Gasteiger partial charge in [-0.3, -0.25) is 9.59 Å². The van der Waals surface area contributed by atoms with E-state index in [1.807, 2.05) is 32.9 Å². The first-order chi connectivity index (χ1) is 11.4. The Bertz CT molecular complexity index is 729. The van der Waals surface area contributed by atoms with Crippen LogP contribution in [0.1, 0.15) is 34.8 Å². The average molecular weight is 330 g/mol. The van der Waals surface area contributed by atoms with E-state index in [4.69, 9.17) is 4.52 Å². The lowest BCUT2D eigenvalue weighted by Crippen LogP contribution is -2.36. The molecule has 0 bridgehead atoms. The number of anilines is 1. The molecule has 0 unspecified atom stereocenters. The number of carbonyl (C=O) groups excluding carboxylic acids is 2. The standard InChI is InChI=1S/C17H22N4O3/c1-10-8-11(2)15(12(3)9-10)20-17(23)16(22)18-7-5-6-14-19-13(4)21-24-14/h8-9H,5-7H2,1-4H3,(H,18,22)(H,20,23). The minimum atomic E-state index is -0.668. The van der Waals surface area contributed by atoms with Gasteiger partial charge in [-0.1, -0.05) is 22.9 Å². The van der Waals surface area contributed by atoms with Crippen molar-refractivity contribution in [3.63, 3.8) is 0 Å². The van der Waals surface area contributed by atoms with Gasteiger partial charge in [-0.25, -0.2) is 0 Å². The fraction of sp³-hybridized carbons (Fsp3) is 0.412. The summed E-state index contributed by atoms with van der Waals surface area (Å²) in [7, 11) is 0. The van der Waals surface area contributed by atoms with Gasteiger partial charge < -0.3 is 15.2 Å².